The minimum atomic E-state index is -2.66. The van der Waals surface area contributed by atoms with E-state index in [0.29, 0.717) is 3.57 Å². The van der Waals surface area contributed by atoms with Gasteiger partial charge in [0.05, 0.1) is 9.61 Å². The molecule has 0 bridgehead atoms. The van der Waals surface area contributed by atoms with Crippen molar-refractivity contribution in [1.29, 1.82) is 0 Å². The molecule has 0 heterocycles. The van der Waals surface area contributed by atoms with Gasteiger partial charge in [0.25, 0.3) is 6.43 Å². The van der Waals surface area contributed by atoms with Gasteiger partial charge in [0.15, 0.2) is 0 Å². The summed E-state index contributed by atoms with van der Waals surface area (Å²) in [5, 5.41) is 9.40. The zero-order valence-electron chi connectivity index (χ0n) is 6.55. The Morgan fingerprint density at radius 3 is 2.54 bits per heavy atom. The molecule has 2 nitrogen and oxygen atoms in total. The smallest absolute Gasteiger partial charge is 0.257 e. The molecule has 0 unspecified atom stereocenters. The van der Waals surface area contributed by atoms with E-state index in [9.17, 15) is 13.9 Å². The van der Waals surface area contributed by atoms with Crippen LogP contribution in [0.1, 0.15) is 11.6 Å². The molecule has 1 aromatic carbocycles. The van der Waals surface area contributed by atoms with E-state index in [4.69, 9.17) is 5.73 Å². The number of para-hydroxylation sites is 1. The van der Waals surface area contributed by atoms with E-state index < -0.39 is 12.5 Å². The van der Waals surface area contributed by atoms with Crippen molar-refractivity contribution in [1.82, 2.24) is 0 Å². The molecule has 0 aromatic heterocycles. The molecular weight excluding hydrogens is 291 g/mol. The minimum Gasteiger partial charge on any atom is -0.506 e. The van der Waals surface area contributed by atoms with Crippen molar-refractivity contribution in [2.24, 2.45) is 5.73 Å². The van der Waals surface area contributed by atoms with E-state index in [2.05, 4.69) is 0 Å². The molecule has 0 aliphatic carbocycles. The van der Waals surface area contributed by atoms with Crippen molar-refractivity contribution in [2.75, 3.05) is 0 Å². The maximum absolute atomic E-state index is 12.2. The molecule has 0 radical (unpaired) electrons. The van der Waals surface area contributed by atoms with Gasteiger partial charge in [0.2, 0.25) is 0 Å². The van der Waals surface area contributed by atoms with Gasteiger partial charge >= 0.3 is 0 Å². The molecule has 0 saturated heterocycles. The van der Waals surface area contributed by atoms with Crippen LogP contribution in [0.4, 0.5) is 8.78 Å². The molecule has 72 valence electrons. The molecule has 3 N–H and O–H groups in total. The minimum absolute atomic E-state index is 0.0851. The molecule has 0 fully saturated rings. The molecule has 0 aliphatic heterocycles. The van der Waals surface area contributed by atoms with Crippen LogP contribution in [-0.4, -0.2) is 11.5 Å². The Hall–Kier alpha value is -0.430. The van der Waals surface area contributed by atoms with Crippen LogP contribution >= 0.6 is 22.6 Å². The van der Waals surface area contributed by atoms with Crippen LogP contribution in [0.3, 0.4) is 0 Å². The summed E-state index contributed by atoms with van der Waals surface area (Å²) in [4.78, 5) is 0. The summed E-state index contributed by atoms with van der Waals surface area (Å²) < 4.78 is 24.9. The van der Waals surface area contributed by atoms with Crippen molar-refractivity contribution < 1.29 is 13.9 Å². The summed E-state index contributed by atoms with van der Waals surface area (Å²) in [5.41, 5.74) is 5.28. The Morgan fingerprint density at radius 2 is 2.00 bits per heavy atom. The van der Waals surface area contributed by atoms with E-state index >= 15 is 0 Å². The third-order valence-electron chi connectivity index (χ3n) is 1.65. The number of hydrogen-bond donors (Lipinski definition) is 2. The average molecular weight is 299 g/mol. The van der Waals surface area contributed by atoms with Gasteiger partial charge in [-0.1, -0.05) is 12.1 Å². The lowest BCUT2D eigenvalue weighted by atomic mass is 10.1. The van der Waals surface area contributed by atoms with E-state index in [0.717, 1.165) is 0 Å². The van der Waals surface area contributed by atoms with E-state index in [-0.39, 0.29) is 11.3 Å². The lowest BCUT2D eigenvalue weighted by Crippen LogP contribution is -2.19. The molecule has 0 saturated carbocycles. The van der Waals surface area contributed by atoms with Crippen LogP contribution < -0.4 is 5.73 Å². The first-order valence-corrected chi connectivity index (χ1v) is 4.63. The second-order valence-corrected chi connectivity index (χ2v) is 3.70. The van der Waals surface area contributed by atoms with Gasteiger partial charge in [-0.05, 0) is 28.7 Å². The van der Waals surface area contributed by atoms with Crippen molar-refractivity contribution in [3.63, 3.8) is 0 Å². The number of halogens is 3. The largest absolute Gasteiger partial charge is 0.506 e. The molecule has 0 aliphatic rings. The lowest BCUT2D eigenvalue weighted by molar-refractivity contribution is 0.115. The lowest BCUT2D eigenvalue weighted by Gasteiger charge is -2.12. The highest BCUT2D eigenvalue weighted by molar-refractivity contribution is 14.1. The first-order chi connectivity index (χ1) is 6.04. The fourth-order valence-electron chi connectivity index (χ4n) is 0.937. The van der Waals surface area contributed by atoms with Gasteiger partial charge in [-0.15, -0.1) is 0 Å². The molecule has 5 heteroatoms. The summed E-state index contributed by atoms with van der Waals surface area (Å²) in [6, 6.07) is 3.18. The summed E-state index contributed by atoms with van der Waals surface area (Å²) in [6.07, 6.45) is -2.66. The number of phenolic OH excluding ortho intramolecular Hbond substituents is 1. The molecule has 1 aromatic rings. The number of phenols is 1. The summed E-state index contributed by atoms with van der Waals surface area (Å²) in [7, 11) is 0. The highest BCUT2D eigenvalue weighted by Gasteiger charge is 2.21. The molecule has 13 heavy (non-hydrogen) atoms. The highest BCUT2D eigenvalue weighted by atomic mass is 127. The van der Waals surface area contributed by atoms with Gasteiger partial charge in [-0.25, -0.2) is 8.78 Å². The summed E-state index contributed by atoms with van der Waals surface area (Å²) in [5.74, 6) is -0.157. The van der Waals surface area contributed by atoms with Crippen molar-refractivity contribution >= 4 is 22.6 Å². The summed E-state index contributed by atoms with van der Waals surface area (Å²) >= 11 is 1.86. The van der Waals surface area contributed by atoms with Crippen LogP contribution in [0.5, 0.6) is 5.75 Å². The third-order valence-corrected chi connectivity index (χ3v) is 2.52. The highest BCUT2D eigenvalue weighted by Crippen LogP contribution is 2.30. The topological polar surface area (TPSA) is 46.2 Å². The maximum atomic E-state index is 12.2. The average Bonchev–Trinajstić information content (AvgIpc) is 2.08. The number of nitrogens with two attached hydrogens (primary N) is 1. The zero-order valence-corrected chi connectivity index (χ0v) is 8.70. The molecular formula is C8H8F2INO. The molecule has 1 atom stereocenters. The normalized spacial score (nSPS) is 13.3. The number of hydrogen-bond acceptors (Lipinski definition) is 2. The van der Waals surface area contributed by atoms with Gasteiger partial charge in [0, 0.05) is 5.56 Å². The van der Waals surface area contributed by atoms with Crippen LogP contribution in [0, 0.1) is 3.57 Å². The maximum Gasteiger partial charge on any atom is 0.257 e. The molecule has 0 amide bonds. The van der Waals surface area contributed by atoms with Crippen molar-refractivity contribution in [3.8, 4) is 5.75 Å². The number of aromatic hydroxyl groups is 1. The number of rotatable bonds is 2. The van der Waals surface area contributed by atoms with E-state index in [1.807, 2.05) is 22.6 Å². The fourth-order valence-corrected chi connectivity index (χ4v) is 1.46. The third kappa shape index (κ3) is 2.28. The Bertz CT molecular complexity index is 306. The summed E-state index contributed by atoms with van der Waals surface area (Å²) in [6.45, 7) is 0. The van der Waals surface area contributed by atoms with Crippen molar-refractivity contribution in [3.05, 3.63) is 27.3 Å². The van der Waals surface area contributed by atoms with Gasteiger partial charge in [0.1, 0.15) is 5.75 Å². The predicted molar refractivity (Wildman–Crippen MR) is 53.8 cm³/mol. The Labute approximate surface area is 87.9 Å². The van der Waals surface area contributed by atoms with Crippen LogP contribution in [-0.2, 0) is 0 Å². The Balaban J connectivity index is 3.07. The quantitative estimate of drug-likeness (QED) is 0.823. The number of alkyl halides is 2. The van der Waals surface area contributed by atoms with Crippen LogP contribution in [0.25, 0.3) is 0 Å². The zero-order chi connectivity index (χ0) is 10.0. The first-order valence-electron chi connectivity index (χ1n) is 3.55. The SMILES string of the molecule is N[C@@H](c1cccc(I)c1O)C(F)F. The van der Waals surface area contributed by atoms with Gasteiger partial charge in [-0.3, -0.25) is 0 Å². The van der Waals surface area contributed by atoms with Gasteiger partial charge in [-0.2, -0.15) is 0 Å². The van der Waals surface area contributed by atoms with Gasteiger partial charge < -0.3 is 10.8 Å². The van der Waals surface area contributed by atoms with Crippen molar-refractivity contribution in [2.45, 2.75) is 12.5 Å². The predicted octanol–water partition coefficient (Wildman–Crippen LogP) is 2.26. The Kier molecular flexibility index (Phi) is 3.43. The standard InChI is InChI=1S/C8H8F2INO/c9-8(10)6(12)4-2-1-3-5(11)7(4)13/h1-3,6,8,13H,12H2/t6-/m0/s1. The Morgan fingerprint density at radius 1 is 1.38 bits per heavy atom. The first kappa shape index (κ1) is 10.6. The monoisotopic (exact) mass is 299 g/mol. The molecule has 0 spiro atoms. The van der Waals surface area contributed by atoms with Crippen LogP contribution in [0.2, 0.25) is 0 Å². The number of benzene rings is 1. The van der Waals surface area contributed by atoms with Crippen LogP contribution in [0.15, 0.2) is 18.2 Å². The van der Waals surface area contributed by atoms with E-state index in [1.54, 1.807) is 12.1 Å². The van der Waals surface area contributed by atoms with E-state index in [1.165, 1.54) is 6.07 Å². The molecule has 1 rings (SSSR count). The fraction of sp³-hybridized carbons (Fsp3) is 0.250. The second kappa shape index (κ2) is 4.19. The second-order valence-electron chi connectivity index (χ2n) is 2.54.